The largest absolute Gasteiger partial charge is 0.479 e. The molecule has 16 heavy (non-hydrogen) atoms. The van der Waals surface area contributed by atoms with E-state index in [1.807, 2.05) is 19.3 Å². The van der Waals surface area contributed by atoms with Crippen LogP contribution in [0, 0.1) is 12.8 Å². The van der Waals surface area contributed by atoms with E-state index in [0.717, 1.165) is 23.0 Å². The second-order valence-corrected chi connectivity index (χ2v) is 4.58. The summed E-state index contributed by atoms with van der Waals surface area (Å²) >= 11 is 0. The Hall–Kier alpha value is -1.58. The summed E-state index contributed by atoms with van der Waals surface area (Å²) in [6.07, 6.45) is 5.12. The SMILES string of the molecule is COc1nc(C)cn2c(C3CC3C)ncc12. The molecule has 2 heterocycles. The number of aryl methyl sites for hydroxylation is 1. The molecule has 1 fully saturated rings. The standard InChI is InChI=1S/C12H15N3O/c1-7-4-9(7)11-13-5-10-12(16-3)14-8(2)6-15(10)11/h5-7,9H,4H2,1-3H3. The van der Waals surface area contributed by atoms with Gasteiger partial charge in [-0.1, -0.05) is 6.92 Å². The number of ether oxygens (including phenoxy) is 1. The van der Waals surface area contributed by atoms with Crippen LogP contribution in [0.15, 0.2) is 12.4 Å². The number of hydrogen-bond acceptors (Lipinski definition) is 3. The van der Waals surface area contributed by atoms with Crippen LogP contribution in [0.5, 0.6) is 5.88 Å². The molecule has 0 aliphatic heterocycles. The number of hydrogen-bond donors (Lipinski definition) is 0. The molecule has 2 aromatic rings. The Kier molecular flexibility index (Phi) is 1.93. The van der Waals surface area contributed by atoms with E-state index in [0.29, 0.717) is 11.8 Å². The van der Waals surface area contributed by atoms with E-state index in [9.17, 15) is 0 Å². The van der Waals surface area contributed by atoms with Crippen molar-refractivity contribution in [3.05, 3.63) is 23.9 Å². The Bertz CT molecular complexity index is 546. The number of rotatable bonds is 2. The van der Waals surface area contributed by atoms with Crippen LogP contribution < -0.4 is 4.74 Å². The average Bonchev–Trinajstić information content (AvgIpc) is 2.84. The summed E-state index contributed by atoms with van der Waals surface area (Å²) in [5.41, 5.74) is 1.92. The van der Waals surface area contributed by atoms with Crippen molar-refractivity contribution in [2.45, 2.75) is 26.2 Å². The third kappa shape index (κ3) is 1.29. The maximum absolute atomic E-state index is 5.28. The Labute approximate surface area is 94.3 Å². The normalized spacial score (nSPS) is 23.7. The number of aromatic nitrogens is 3. The zero-order valence-corrected chi connectivity index (χ0v) is 9.77. The summed E-state index contributed by atoms with van der Waals surface area (Å²) in [5.74, 6) is 3.16. The molecule has 1 aliphatic rings. The van der Waals surface area contributed by atoms with E-state index >= 15 is 0 Å². The highest BCUT2D eigenvalue weighted by Crippen LogP contribution is 2.46. The molecular formula is C12H15N3O. The van der Waals surface area contributed by atoms with Crippen molar-refractivity contribution >= 4 is 5.52 Å². The molecule has 84 valence electrons. The molecule has 0 spiro atoms. The highest BCUT2D eigenvalue weighted by atomic mass is 16.5. The van der Waals surface area contributed by atoms with Crippen LogP contribution in [0.25, 0.3) is 5.52 Å². The molecule has 4 heteroatoms. The predicted octanol–water partition coefficient (Wildman–Crippen LogP) is 2.17. The van der Waals surface area contributed by atoms with Crippen LogP contribution in [-0.4, -0.2) is 21.5 Å². The van der Waals surface area contributed by atoms with Crippen molar-refractivity contribution in [3.63, 3.8) is 0 Å². The van der Waals surface area contributed by atoms with Gasteiger partial charge < -0.3 is 4.74 Å². The first-order valence-electron chi connectivity index (χ1n) is 5.59. The van der Waals surface area contributed by atoms with Gasteiger partial charge in [0.1, 0.15) is 11.3 Å². The third-order valence-corrected chi connectivity index (χ3v) is 3.27. The highest BCUT2D eigenvalue weighted by molar-refractivity contribution is 5.56. The molecule has 0 saturated heterocycles. The zero-order chi connectivity index (χ0) is 11.3. The number of fused-ring (bicyclic) bond motifs is 1. The first-order chi connectivity index (χ1) is 7.70. The van der Waals surface area contributed by atoms with E-state index in [-0.39, 0.29) is 0 Å². The fraction of sp³-hybridized carbons (Fsp3) is 0.500. The molecule has 1 saturated carbocycles. The molecule has 1 aliphatic carbocycles. The fourth-order valence-electron chi connectivity index (χ4n) is 2.21. The first kappa shape index (κ1) is 9.63. The minimum Gasteiger partial charge on any atom is -0.479 e. The van der Waals surface area contributed by atoms with Gasteiger partial charge in [-0.3, -0.25) is 4.40 Å². The van der Waals surface area contributed by atoms with E-state index in [2.05, 4.69) is 21.3 Å². The highest BCUT2D eigenvalue weighted by Gasteiger charge is 2.37. The van der Waals surface area contributed by atoms with Crippen molar-refractivity contribution < 1.29 is 4.74 Å². The molecule has 0 radical (unpaired) electrons. The minimum absolute atomic E-state index is 0.606. The molecule has 4 nitrogen and oxygen atoms in total. The molecule has 2 aromatic heterocycles. The topological polar surface area (TPSA) is 39.4 Å². The van der Waals surface area contributed by atoms with E-state index < -0.39 is 0 Å². The zero-order valence-electron chi connectivity index (χ0n) is 9.77. The second kappa shape index (κ2) is 3.20. The van der Waals surface area contributed by atoms with Crippen molar-refractivity contribution in [1.82, 2.24) is 14.4 Å². The monoisotopic (exact) mass is 217 g/mol. The molecule has 0 aromatic carbocycles. The second-order valence-electron chi connectivity index (χ2n) is 4.58. The van der Waals surface area contributed by atoms with Gasteiger partial charge in [-0.05, 0) is 19.3 Å². The van der Waals surface area contributed by atoms with Crippen molar-refractivity contribution in [2.75, 3.05) is 7.11 Å². The maximum Gasteiger partial charge on any atom is 0.239 e. The molecule has 2 unspecified atom stereocenters. The van der Waals surface area contributed by atoms with Crippen molar-refractivity contribution in [3.8, 4) is 5.88 Å². The Balaban J connectivity index is 2.21. The van der Waals surface area contributed by atoms with Gasteiger partial charge >= 0.3 is 0 Å². The van der Waals surface area contributed by atoms with Crippen molar-refractivity contribution in [2.24, 2.45) is 5.92 Å². The average molecular weight is 217 g/mol. The van der Waals surface area contributed by atoms with Gasteiger partial charge in [-0.2, -0.15) is 0 Å². The van der Waals surface area contributed by atoms with Gasteiger partial charge in [0.05, 0.1) is 19.0 Å². The minimum atomic E-state index is 0.606. The summed E-state index contributed by atoms with van der Waals surface area (Å²) in [4.78, 5) is 8.85. The van der Waals surface area contributed by atoms with Crippen LogP contribution in [0.1, 0.15) is 30.8 Å². The lowest BCUT2D eigenvalue weighted by Gasteiger charge is -2.05. The fourth-order valence-corrected chi connectivity index (χ4v) is 2.21. The lowest BCUT2D eigenvalue weighted by molar-refractivity contribution is 0.400. The van der Waals surface area contributed by atoms with E-state index in [4.69, 9.17) is 4.74 Å². The van der Waals surface area contributed by atoms with Gasteiger partial charge in [-0.25, -0.2) is 9.97 Å². The summed E-state index contributed by atoms with van der Waals surface area (Å²) in [6.45, 7) is 4.24. The van der Waals surface area contributed by atoms with Crippen LogP contribution in [0.2, 0.25) is 0 Å². The lowest BCUT2D eigenvalue weighted by atomic mass is 10.3. The molecule has 3 rings (SSSR count). The molecule has 0 bridgehead atoms. The Morgan fingerprint density at radius 1 is 1.50 bits per heavy atom. The molecule has 0 amide bonds. The van der Waals surface area contributed by atoms with E-state index in [1.54, 1.807) is 7.11 Å². The van der Waals surface area contributed by atoms with Crippen molar-refractivity contribution in [1.29, 1.82) is 0 Å². The third-order valence-electron chi connectivity index (χ3n) is 3.27. The number of nitrogens with zero attached hydrogens (tertiary/aromatic N) is 3. The summed E-state index contributed by atoms with van der Waals surface area (Å²) in [7, 11) is 1.65. The van der Waals surface area contributed by atoms with Gasteiger partial charge in [-0.15, -0.1) is 0 Å². The molecule has 0 N–H and O–H groups in total. The van der Waals surface area contributed by atoms with Gasteiger partial charge in [0, 0.05) is 12.1 Å². The molecular weight excluding hydrogens is 202 g/mol. The smallest absolute Gasteiger partial charge is 0.239 e. The van der Waals surface area contributed by atoms with Gasteiger partial charge in [0.25, 0.3) is 0 Å². The van der Waals surface area contributed by atoms with Gasteiger partial charge in [0.15, 0.2) is 0 Å². The van der Waals surface area contributed by atoms with Crippen LogP contribution in [-0.2, 0) is 0 Å². The van der Waals surface area contributed by atoms with Gasteiger partial charge in [0.2, 0.25) is 5.88 Å². The lowest BCUT2D eigenvalue weighted by Crippen LogP contribution is -1.99. The number of methoxy groups -OCH3 is 1. The Morgan fingerprint density at radius 2 is 2.25 bits per heavy atom. The summed E-state index contributed by atoms with van der Waals surface area (Å²) in [5, 5.41) is 0. The first-order valence-corrected chi connectivity index (χ1v) is 5.59. The van der Waals surface area contributed by atoms with Crippen LogP contribution in [0.4, 0.5) is 0 Å². The quantitative estimate of drug-likeness (QED) is 0.774. The Morgan fingerprint density at radius 3 is 2.88 bits per heavy atom. The predicted molar refractivity (Wildman–Crippen MR) is 60.8 cm³/mol. The van der Waals surface area contributed by atoms with Crippen LogP contribution >= 0.6 is 0 Å². The summed E-state index contributed by atoms with van der Waals surface area (Å²) < 4.78 is 7.40. The molecule has 2 atom stereocenters. The summed E-state index contributed by atoms with van der Waals surface area (Å²) in [6, 6.07) is 0. The van der Waals surface area contributed by atoms with Crippen LogP contribution in [0.3, 0.4) is 0 Å². The van der Waals surface area contributed by atoms with E-state index in [1.165, 1.54) is 6.42 Å². The maximum atomic E-state index is 5.28. The number of imidazole rings is 1.